The smallest absolute Gasteiger partial charge is 0.311 e. The van der Waals surface area contributed by atoms with Gasteiger partial charge in [-0.1, -0.05) is 27.7 Å². The highest BCUT2D eigenvalue weighted by atomic mass is 16.5. The monoisotopic (exact) mass is 280 g/mol. The predicted molar refractivity (Wildman–Crippen MR) is 82.3 cm³/mol. The van der Waals surface area contributed by atoms with Gasteiger partial charge in [0.15, 0.2) is 0 Å². The fraction of sp³-hybridized carbons (Fsp3) is 0.944. The van der Waals surface area contributed by atoms with Gasteiger partial charge in [0.1, 0.15) is 6.10 Å². The van der Waals surface area contributed by atoms with Gasteiger partial charge in [0.2, 0.25) is 0 Å². The van der Waals surface area contributed by atoms with Crippen LogP contribution in [0.15, 0.2) is 0 Å². The predicted octanol–water partition coefficient (Wildman–Crippen LogP) is 4.82. The fourth-order valence-electron chi connectivity index (χ4n) is 3.96. The highest BCUT2D eigenvalue weighted by molar-refractivity contribution is 5.76. The quantitative estimate of drug-likeness (QED) is 0.690. The minimum absolute atomic E-state index is 0.00456. The lowest BCUT2D eigenvalue weighted by atomic mass is 9.76. The molecule has 2 heteroatoms. The van der Waals surface area contributed by atoms with E-state index in [1.54, 1.807) is 0 Å². The number of hydrogen-bond donors (Lipinski definition) is 0. The minimum Gasteiger partial charge on any atom is -0.462 e. The Labute approximate surface area is 124 Å². The molecule has 2 bridgehead atoms. The summed E-state index contributed by atoms with van der Waals surface area (Å²) in [5.41, 5.74) is 0.0954. The molecule has 2 aliphatic carbocycles. The summed E-state index contributed by atoms with van der Waals surface area (Å²) in [6, 6.07) is 0. The molecule has 0 saturated heterocycles. The summed E-state index contributed by atoms with van der Waals surface area (Å²) in [5, 5.41) is 0. The summed E-state index contributed by atoms with van der Waals surface area (Å²) in [6.07, 6.45) is 6.03. The zero-order chi connectivity index (χ0) is 15.1. The molecule has 0 spiro atoms. The van der Waals surface area contributed by atoms with Gasteiger partial charge in [-0.2, -0.15) is 0 Å². The number of carbonyl (C=O) groups excluding carboxylic acids is 1. The van der Waals surface area contributed by atoms with Crippen LogP contribution in [0.1, 0.15) is 73.6 Å². The highest BCUT2D eigenvalue weighted by Gasteiger charge is 2.48. The standard InChI is InChI=1S/C18H32O2/c1-7-18(5,6)16(19)20-15-10-12-8-13(15)9-14(12)11-17(2,3)4/h12-15H,7-11H2,1-6H3. The van der Waals surface area contributed by atoms with Crippen molar-refractivity contribution in [2.45, 2.75) is 79.8 Å². The average molecular weight is 280 g/mol. The fourth-order valence-corrected chi connectivity index (χ4v) is 3.96. The van der Waals surface area contributed by atoms with E-state index in [2.05, 4.69) is 27.7 Å². The Bertz CT molecular complexity index is 364. The lowest BCUT2D eigenvalue weighted by molar-refractivity contribution is -0.162. The number of fused-ring (bicyclic) bond motifs is 2. The van der Waals surface area contributed by atoms with E-state index in [1.807, 2.05) is 13.8 Å². The SMILES string of the molecule is CCC(C)(C)C(=O)OC1CC2CC1CC2CC(C)(C)C. The molecule has 0 N–H and O–H groups in total. The van der Waals surface area contributed by atoms with E-state index in [0.29, 0.717) is 11.3 Å². The molecule has 0 aliphatic heterocycles. The topological polar surface area (TPSA) is 26.3 Å². The molecule has 2 saturated carbocycles. The maximum Gasteiger partial charge on any atom is 0.311 e. The van der Waals surface area contributed by atoms with Crippen LogP contribution in [0.2, 0.25) is 0 Å². The van der Waals surface area contributed by atoms with Crippen molar-refractivity contribution in [1.29, 1.82) is 0 Å². The Morgan fingerprint density at radius 1 is 1.05 bits per heavy atom. The first-order valence-electron chi connectivity index (χ1n) is 8.33. The largest absolute Gasteiger partial charge is 0.462 e. The van der Waals surface area contributed by atoms with E-state index in [4.69, 9.17) is 4.74 Å². The molecule has 2 aliphatic rings. The van der Waals surface area contributed by atoms with Crippen LogP contribution in [0.3, 0.4) is 0 Å². The van der Waals surface area contributed by atoms with E-state index >= 15 is 0 Å². The minimum atomic E-state index is -0.327. The molecule has 0 heterocycles. The summed E-state index contributed by atoms with van der Waals surface area (Å²) in [7, 11) is 0. The second kappa shape index (κ2) is 5.35. The van der Waals surface area contributed by atoms with Crippen LogP contribution in [0, 0.1) is 28.6 Å². The summed E-state index contributed by atoms with van der Waals surface area (Å²) in [4.78, 5) is 12.2. The molecule has 0 amide bonds. The van der Waals surface area contributed by atoms with Gasteiger partial charge in [-0.15, -0.1) is 0 Å². The Hall–Kier alpha value is -0.530. The van der Waals surface area contributed by atoms with E-state index in [9.17, 15) is 4.79 Å². The molecule has 2 nitrogen and oxygen atoms in total. The third-order valence-corrected chi connectivity index (χ3v) is 5.51. The Morgan fingerprint density at radius 2 is 1.70 bits per heavy atom. The van der Waals surface area contributed by atoms with Crippen molar-refractivity contribution in [1.82, 2.24) is 0 Å². The number of hydrogen-bond acceptors (Lipinski definition) is 2. The molecule has 0 radical (unpaired) electrons. The Kier molecular flexibility index (Phi) is 4.24. The van der Waals surface area contributed by atoms with Crippen molar-refractivity contribution in [3.05, 3.63) is 0 Å². The third kappa shape index (κ3) is 3.38. The molecule has 0 aromatic carbocycles. The molecule has 2 fully saturated rings. The van der Waals surface area contributed by atoms with Gasteiger partial charge in [0.25, 0.3) is 0 Å². The van der Waals surface area contributed by atoms with Gasteiger partial charge >= 0.3 is 5.97 Å². The van der Waals surface area contributed by atoms with E-state index < -0.39 is 0 Å². The van der Waals surface area contributed by atoms with Crippen LogP contribution in [-0.2, 0) is 9.53 Å². The number of ether oxygens (including phenoxy) is 1. The Morgan fingerprint density at radius 3 is 2.15 bits per heavy atom. The van der Waals surface area contributed by atoms with Crippen LogP contribution in [0.25, 0.3) is 0 Å². The van der Waals surface area contributed by atoms with Crippen molar-refractivity contribution < 1.29 is 9.53 Å². The van der Waals surface area contributed by atoms with Crippen LogP contribution in [-0.4, -0.2) is 12.1 Å². The van der Waals surface area contributed by atoms with E-state index in [-0.39, 0.29) is 17.5 Å². The van der Waals surface area contributed by atoms with Gasteiger partial charge in [0, 0.05) is 0 Å². The molecule has 116 valence electrons. The molecular weight excluding hydrogens is 248 g/mol. The second-order valence-corrected chi connectivity index (χ2v) is 8.93. The van der Waals surface area contributed by atoms with Crippen LogP contribution < -0.4 is 0 Å². The maximum atomic E-state index is 12.2. The van der Waals surface area contributed by atoms with Gasteiger partial charge in [-0.05, 0) is 69.1 Å². The van der Waals surface area contributed by atoms with Gasteiger partial charge in [-0.3, -0.25) is 4.79 Å². The molecule has 0 aromatic rings. The highest BCUT2D eigenvalue weighted by Crippen LogP contribution is 2.53. The van der Waals surface area contributed by atoms with Gasteiger partial charge in [-0.25, -0.2) is 0 Å². The summed E-state index contributed by atoms with van der Waals surface area (Å²) in [6.45, 7) is 13.0. The van der Waals surface area contributed by atoms with Crippen molar-refractivity contribution in [2.24, 2.45) is 28.6 Å². The molecule has 2 rings (SSSR count). The first-order valence-corrected chi connectivity index (χ1v) is 8.33. The molecule has 4 unspecified atom stereocenters. The number of esters is 1. The number of carbonyl (C=O) groups is 1. The third-order valence-electron chi connectivity index (χ3n) is 5.51. The summed E-state index contributed by atoms with van der Waals surface area (Å²) >= 11 is 0. The van der Waals surface area contributed by atoms with Crippen molar-refractivity contribution in [3.63, 3.8) is 0 Å². The van der Waals surface area contributed by atoms with E-state index in [0.717, 1.165) is 24.7 Å². The van der Waals surface area contributed by atoms with Crippen LogP contribution in [0.4, 0.5) is 0 Å². The lowest BCUT2D eigenvalue weighted by Gasteiger charge is -2.33. The summed E-state index contributed by atoms with van der Waals surface area (Å²) < 4.78 is 5.84. The zero-order valence-electron chi connectivity index (χ0n) is 14.2. The van der Waals surface area contributed by atoms with Gasteiger partial charge < -0.3 is 4.74 Å². The Balaban J connectivity index is 1.88. The first kappa shape index (κ1) is 15.9. The van der Waals surface area contributed by atoms with Crippen LogP contribution >= 0.6 is 0 Å². The molecular formula is C18H32O2. The first-order chi connectivity index (χ1) is 9.12. The van der Waals surface area contributed by atoms with Crippen molar-refractivity contribution in [2.75, 3.05) is 0 Å². The van der Waals surface area contributed by atoms with Crippen molar-refractivity contribution >= 4 is 5.97 Å². The number of rotatable bonds is 4. The van der Waals surface area contributed by atoms with Crippen LogP contribution in [0.5, 0.6) is 0 Å². The molecule has 20 heavy (non-hydrogen) atoms. The van der Waals surface area contributed by atoms with Crippen molar-refractivity contribution in [3.8, 4) is 0 Å². The molecule has 4 atom stereocenters. The maximum absolute atomic E-state index is 12.2. The normalized spacial score (nSPS) is 33.5. The second-order valence-electron chi connectivity index (χ2n) is 8.93. The van der Waals surface area contributed by atoms with E-state index in [1.165, 1.54) is 19.3 Å². The zero-order valence-corrected chi connectivity index (χ0v) is 14.2. The van der Waals surface area contributed by atoms with Gasteiger partial charge in [0.05, 0.1) is 5.41 Å². The lowest BCUT2D eigenvalue weighted by Crippen LogP contribution is -2.34. The molecule has 0 aromatic heterocycles. The average Bonchev–Trinajstić information content (AvgIpc) is 2.86. The summed E-state index contributed by atoms with van der Waals surface area (Å²) in [5.74, 6) is 2.28.